The predicted octanol–water partition coefficient (Wildman–Crippen LogP) is 4.60. The molecule has 3 rings (SSSR count). The highest BCUT2D eigenvalue weighted by molar-refractivity contribution is 6.30. The lowest BCUT2D eigenvalue weighted by atomic mass is 9.81. The van der Waals surface area contributed by atoms with Crippen LogP contribution < -0.4 is 0 Å². The second-order valence-corrected chi connectivity index (χ2v) is 9.60. The molecular formula is C30H39ClN2O3. The molecule has 0 fully saturated rings. The minimum atomic E-state index is 0.00293. The van der Waals surface area contributed by atoms with Gasteiger partial charge in [0.2, 0.25) is 0 Å². The zero-order valence-electron chi connectivity index (χ0n) is 21.0. The minimum Gasteiger partial charge on any atom is -0.395 e. The maximum absolute atomic E-state index is 9.54. The molecule has 1 aliphatic heterocycles. The lowest BCUT2D eigenvalue weighted by Gasteiger charge is -2.35. The molecule has 0 bridgehead atoms. The predicted molar refractivity (Wildman–Crippen MR) is 149 cm³/mol. The van der Waals surface area contributed by atoms with Crippen molar-refractivity contribution >= 4 is 11.6 Å². The summed E-state index contributed by atoms with van der Waals surface area (Å²) in [6.07, 6.45) is 17.5. The van der Waals surface area contributed by atoms with Gasteiger partial charge in [-0.3, -0.25) is 4.90 Å². The van der Waals surface area contributed by atoms with Gasteiger partial charge in [0.05, 0.1) is 25.9 Å². The van der Waals surface area contributed by atoms with Gasteiger partial charge in [-0.15, -0.1) is 0 Å². The van der Waals surface area contributed by atoms with Gasteiger partial charge in [0.25, 0.3) is 0 Å². The first-order valence-corrected chi connectivity index (χ1v) is 13.0. The maximum atomic E-state index is 9.54. The van der Waals surface area contributed by atoms with E-state index in [1.165, 1.54) is 5.57 Å². The van der Waals surface area contributed by atoms with E-state index < -0.39 is 0 Å². The third-order valence-corrected chi connectivity index (χ3v) is 7.16. The number of nitrogens with zero attached hydrogens (tertiary/aromatic N) is 2. The van der Waals surface area contributed by atoms with E-state index in [-0.39, 0.29) is 37.8 Å². The Labute approximate surface area is 220 Å². The minimum absolute atomic E-state index is 0.00293. The van der Waals surface area contributed by atoms with E-state index in [0.29, 0.717) is 24.7 Å². The summed E-state index contributed by atoms with van der Waals surface area (Å²) in [6, 6.07) is 8.25. The van der Waals surface area contributed by atoms with E-state index in [1.54, 1.807) is 0 Å². The van der Waals surface area contributed by atoms with Crippen LogP contribution in [0.4, 0.5) is 0 Å². The van der Waals surface area contributed by atoms with Crippen molar-refractivity contribution in [3.8, 4) is 0 Å². The standard InChI is InChI=1S/C30H39ClN2O3/c1-3-24(9-16-29-6-4-5-23(2)33(29)19-22-36)30(25-7-12-27(31)13-8-25)26-10-14-28(15-11-26)32(17-20-34)18-21-35/h3-4,6-14,28-30,34-36H,1-2,5,15-22H2/b24-9+. The number of β-amino-alcohol motifs (C(OH)–C–C–N with tert-alkyl or cyclic N) is 1. The molecule has 1 heterocycles. The number of aliphatic hydroxyl groups excluding tert-OH is 3. The second-order valence-electron chi connectivity index (χ2n) is 9.16. The van der Waals surface area contributed by atoms with Gasteiger partial charge in [-0.2, -0.15) is 0 Å². The molecule has 0 radical (unpaired) electrons. The summed E-state index contributed by atoms with van der Waals surface area (Å²) in [7, 11) is 0. The van der Waals surface area contributed by atoms with Crippen LogP contribution in [-0.2, 0) is 0 Å². The molecule has 0 saturated heterocycles. The van der Waals surface area contributed by atoms with Gasteiger partial charge in [0.1, 0.15) is 0 Å². The fourth-order valence-electron chi connectivity index (χ4n) is 5.07. The highest BCUT2D eigenvalue weighted by Gasteiger charge is 2.24. The molecule has 2 aliphatic rings. The number of hydrogen-bond acceptors (Lipinski definition) is 5. The summed E-state index contributed by atoms with van der Waals surface area (Å²) >= 11 is 6.20. The molecule has 36 heavy (non-hydrogen) atoms. The van der Waals surface area contributed by atoms with Crippen molar-refractivity contribution < 1.29 is 15.3 Å². The fraction of sp³-hybridized carbons (Fsp3) is 0.400. The van der Waals surface area contributed by atoms with Crippen molar-refractivity contribution in [3.63, 3.8) is 0 Å². The zero-order chi connectivity index (χ0) is 25.9. The first kappa shape index (κ1) is 28.2. The van der Waals surface area contributed by atoms with Gasteiger partial charge in [0.15, 0.2) is 0 Å². The fourth-order valence-corrected chi connectivity index (χ4v) is 5.20. The Bertz CT molecular complexity index is 990. The van der Waals surface area contributed by atoms with E-state index >= 15 is 0 Å². The first-order valence-electron chi connectivity index (χ1n) is 12.7. The van der Waals surface area contributed by atoms with Gasteiger partial charge in [-0.05, 0) is 41.7 Å². The molecule has 6 heteroatoms. The van der Waals surface area contributed by atoms with Gasteiger partial charge in [-0.25, -0.2) is 0 Å². The van der Waals surface area contributed by atoms with Crippen LogP contribution in [0.1, 0.15) is 30.7 Å². The van der Waals surface area contributed by atoms with E-state index in [9.17, 15) is 15.3 Å². The average Bonchev–Trinajstić information content (AvgIpc) is 2.89. The van der Waals surface area contributed by atoms with E-state index in [0.717, 1.165) is 36.1 Å². The van der Waals surface area contributed by atoms with Crippen molar-refractivity contribution in [2.45, 2.75) is 37.3 Å². The van der Waals surface area contributed by atoms with Crippen LogP contribution in [-0.4, -0.2) is 76.7 Å². The van der Waals surface area contributed by atoms with Crippen molar-refractivity contribution in [2.24, 2.45) is 0 Å². The summed E-state index contributed by atoms with van der Waals surface area (Å²) in [5.74, 6) is 0.00293. The molecular weight excluding hydrogens is 472 g/mol. The number of rotatable bonds is 13. The molecule has 3 N–H and O–H groups in total. The van der Waals surface area contributed by atoms with Crippen LogP contribution in [0.15, 0.2) is 96.8 Å². The molecule has 1 aromatic carbocycles. The summed E-state index contributed by atoms with van der Waals surface area (Å²) < 4.78 is 0. The Morgan fingerprint density at radius 2 is 1.83 bits per heavy atom. The molecule has 3 unspecified atom stereocenters. The van der Waals surface area contributed by atoms with Gasteiger partial charge in [-0.1, -0.05) is 79.4 Å². The number of halogens is 1. The Morgan fingerprint density at radius 3 is 2.42 bits per heavy atom. The second kappa shape index (κ2) is 14.4. The molecule has 0 aromatic heterocycles. The normalized spacial score (nSPS) is 21.1. The van der Waals surface area contributed by atoms with Crippen LogP contribution in [0.2, 0.25) is 5.02 Å². The van der Waals surface area contributed by atoms with Crippen LogP contribution in [0.25, 0.3) is 0 Å². The zero-order valence-corrected chi connectivity index (χ0v) is 21.7. The van der Waals surface area contributed by atoms with Crippen LogP contribution in [0.3, 0.4) is 0 Å². The highest BCUT2D eigenvalue weighted by atomic mass is 35.5. The summed E-state index contributed by atoms with van der Waals surface area (Å²) in [5, 5.41) is 29.1. The van der Waals surface area contributed by atoms with Crippen molar-refractivity contribution in [2.75, 3.05) is 39.5 Å². The average molecular weight is 511 g/mol. The number of benzene rings is 1. The molecule has 1 aromatic rings. The Balaban J connectivity index is 1.89. The Kier molecular flexibility index (Phi) is 11.2. The molecule has 194 valence electrons. The lowest BCUT2D eigenvalue weighted by molar-refractivity contribution is 0.139. The molecule has 0 saturated carbocycles. The number of aliphatic hydroxyl groups is 3. The van der Waals surface area contributed by atoms with Gasteiger partial charge >= 0.3 is 0 Å². The lowest BCUT2D eigenvalue weighted by Crippen LogP contribution is -2.38. The number of allylic oxidation sites excluding steroid dienone is 5. The van der Waals surface area contributed by atoms with Crippen LogP contribution in [0, 0.1) is 0 Å². The first-order chi connectivity index (χ1) is 17.5. The molecule has 5 nitrogen and oxygen atoms in total. The Hall–Kier alpha value is -2.41. The van der Waals surface area contributed by atoms with Crippen molar-refractivity contribution in [3.05, 3.63) is 107 Å². The third-order valence-electron chi connectivity index (χ3n) is 6.91. The summed E-state index contributed by atoms with van der Waals surface area (Å²) in [4.78, 5) is 4.28. The third kappa shape index (κ3) is 7.31. The van der Waals surface area contributed by atoms with E-state index in [4.69, 9.17) is 11.6 Å². The quantitative estimate of drug-likeness (QED) is 0.267. The topological polar surface area (TPSA) is 67.2 Å². The largest absolute Gasteiger partial charge is 0.395 e. The van der Waals surface area contributed by atoms with Crippen LogP contribution >= 0.6 is 11.6 Å². The van der Waals surface area contributed by atoms with Crippen molar-refractivity contribution in [1.29, 1.82) is 0 Å². The summed E-state index contributed by atoms with van der Waals surface area (Å²) in [6.45, 7) is 10.2. The van der Waals surface area contributed by atoms with Gasteiger partial charge in [0, 0.05) is 48.7 Å². The maximum Gasteiger partial charge on any atom is 0.0606 e. The van der Waals surface area contributed by atoms with Gasteiger partial charge < -0.3 is 20.2 Å². The smallest absolute Gasteiger partial charge is 0.0606 e. The number of hydrogen-bond donors (Lipinski definition) is 3. The SMILES string of the molecule is C=C/C(=C\CC1C=CCC(=C)N1CCO)C(C1=CCC(N(CCO)CCO)C=C1)c1ccc(Cl)cc1. The summed E-state index contributed by atoms with van der Waals surface area (Å²) in [5.41, 5.74) is 4.46. The van der Waals surface area contributed by atoms with E-state index in [2.05, 4.69) is 71.5 Å². The van der Waals surface area contributed by atoms with Crippen molar-refractivity contribution in [1.82, 2.24) is 9.80 Å². The van der Waals surface area contributed by atoms with E-state index in [1.807, 2.05) is 18.2 Å². The molecule has 1 aliphatic carbocycles. The van der Waals surface area contributed by atoms with Crippen LogP contribution in [0.5, 0.6) is 0 Å². The molecule has 3 atom stereocenters. The molecule has 0 spiro atoms. The highest BCUT2D eigenvalue weighted by Crippen LogP contribution is 2.37. The molecule has 0 amide bonds. The monoisotopic (exact) mass is 510 g/mol. The Morgan fingerprint density at radius 1 is 1.11 bits per heavy atom.